The molecule has 0 fully saturated rings. The number of aromatic nitrogens is 7. The molecule has 18 heteroatoms. The zero-order valence-electron chi connectivity index (χ0n) is 19.9. The van der Waals surface area contributed by atoms with Crippen molar-refractivity contribution in [3.8, 4) is 11.9 Å². The van der Waals surface area contributed by atoms with E-state index in [1.54, 1.807) is 0 Å². The van der Waals surface area contributed by atoms with E-state index in [0.717, 1.165) is 10.7 Å². The van der Waals surface area contributed by atoms with E-state index in [1.165, 1.54) is 37.4 Å². The highest BCUT2D eigenvalue weighted by atomic mass is 35.5. The lowest BCUT2D eigenvalue weighted by Gasteiger charge is -2.18. The number of halogens is 6. The number of amides is 2. The minimum atomic E-state index is -5.98. The first-order chi connectivity index (χ1) is 18.7. The minimum Gasteiger partial charge on any atom is -0.366 e. The van der Waals surface area contributed by atoms with E-state index in [4.69, 9.17) is 17.3 Å². The number of nitrogens with zero attached hydrogens (tertiary/aromatic N) is 8. The van der Waals surface area contributed by atoms with Crippen molar-refractivity contribution in [1.82, 2.24) is 35.0 Å². The van der Waals surface area contributed by atoms with Crippen LogP contribution in [0.3, 0.4) is 0 Å². The number of tetrazole rings is 1. The fourth-order valence-corrected chi connectivity index (χ4v) is 3.77. The van der Waals surface area contributed by atoms with Crippen LogP contribution >= 0.6 is 11.6 Å². The molecule has 4 aromatic rings. The lowest BCUT2D eigenvalue weighted by molar-refractivity contribution is -0.293. The number of primary amides is 1. The van der Waals surface area contributed by atoms with Crippen molar-refractivity contribution >= 4 is 29.1 Å². The molecule has 0 bridgehead atoms. The van der Waals surface area contributed by atoms with E-state index in [9.17, 15) is 36.8 Å². The molecule has 0 spiro atoms. The molecule has 0 atom stereocenters. The smallest absolute Gasteiger partial charge is 0.366 e. The van der Waals surface area contributed by atoms with Gasteiger partial charge >= 0.3 is 12.1 Å². The van der Waals surface area contributed by atoms with Crippen LogP contribution in [0, 0.1) is 18.3 Å². The van der Waals surface area contributed by atoms with Crippen molar-refractivity contribution < 1.29 is 31.5 Å². The van der Waals surface area contributed by atoms with Crippen LogP contribution in [0.5, 0.6) is 0 Å². The van der Waals surface area contributed by atoms with Crippen molar-refractivity contribution in [3.05, 3.63) is 75.5 Å². The van der Waals surface area contributed by atoms with Crippen LogP contribution in [0.1, 0.15) is 43.5 Å². The molecule has 40 heavy (non-hydrogen) atoms. The molecule has 0 aliphatic carbocycles. The van der Waals surface area contributed by atoms with Gasteiger partial charge in [0, 0.05) is 6.20 Å². The van der Waals surface area contributed by atoms with Crippen molar-refractivity contribution in [3.63, 3.8) is 0 Å². The Bertz CT molecular complexity index is 1680. The maximum Gasteiger partial charge on any atom is 0.461 e. The second kappa shape index (κ2) is 10.3. The molecule has 3 N–H and O–H groups in total. The fraction of sp³-hybridized carbons (Fsp3) is 0.182. The van der Waals surface area contributed by atoms with Crippen molar-refractivity contribution in [1.29, 1.82) is 5.26 Å². The fourth-order valence-electron chi connectivity index (χ4n) is 3.57. The number of hydrogen-bond acceptors (Lipinski definition) is 8. The Hall–Kier alpha value is -4.98. The summed E-state index contributed by atoms with van der Waals surface area (Å²) in [4.78, 5) is 29.5. The van der Waals surface area contributed by atoms with Crippen molar-refractivity contribution in [2.24, 2.45) is 5.73 Å². The van der Waals surface area contributed by atoms with Gasteiger partial charge in [0.1, 0.15) is 5.69 Å². The van der Waals surface area contributed by atoms with Crippen molar-refractivity contribution in [2.45, 2.75) is 25.6 Å². The lowest BCUT2D eigenvalue weighted by Crippen LogP contribution is -2.36. The van der Waals surface area contributed by atoms with Crippen LogP contribution in [-0.2, 0) is 12.5 Å². The standard InChI is InChI=1S/C22H14ClF5N10O2/c1-10-5-11(8-29)6-13(17(30)39)16(10)32-19(40)15-7-12(34-38(15)18-14(23)3-2-4-31-18)9-37-20(33-35-36-37)21(24,25)22(26,27)28/h2-7H,9H2,1H3,(H2,30,39)(H,32,40). The number of nitrogens with two attached hydrogens (primary N) is 1. The number of pyridine rings is 1. The van der Waals surface area contributed by atoms with E-state index in [1.807, 2.05) is 6.07 Å². The summed E-state index contributed by atoms with van der Waals surface area (Å²) in [6.45, 7) is 0.690. The summed E-state index contributed by atoms with van der Waals surface area (Å²) >= 11 is 6.20. The molecule has 0 radical (unpaired) electrons. The predicted molar refractivity (Wildman–Crippen MR) is 126 cm³/mol. The summed E-state index contributed by atoms with van der Waals surface area (Å²) in [6.07, 6.45) is -4.67. The zero-order chi connectivity index (χ0) is 29.4. The SMILES string of the molecule is Cc1cc(C#N)cc(C(N)=O)c1NC(=O)c1cc(Cn2nnnc2C(F)(F)C(F)(F)F)nn1-c1ncccc1Cl. The van der Waals surface area contributed by atoms with E-state index < -0.39 is 36.3 Å². The number of hydrogen-bond donors (Lipinski definition) is 2. The summed E-state index contributed by atoms with van der Waals surface area (Å²) < 4.78 is 67.8. The van der Waals surface area contributed by atoms with Gasteiger partial charge in [-0.1, -0.05) is 11.6 Å². The minimum absolute atomic E-state index is 0.00490. The molecule has 1 aromatic carbocycles. The highest BCUT2D eigenvalue weighted by Gasteiger charge is 2.62. The van der Waals surface area contributed by atoms with Gasteiger partial charge in [-0.3, -0.25) is 9.59 Å². The number of rotatable bonds is 7. The van der Waals surface area contributed by atoms with Gasteiger partial charge in [-0.15, -0.1) is 5.10 Å². The number of benzene rings is 1. The number of carbonyl (C=O) groups is 2. The van der Waals surface area contributed by atoms with E-state index in [-0.39, 0.29) is 43.7 Å². The van der Waals surface area contributed by atoms with E-state index >= 15 is 0 Å². The maximum atomic E-state index is 14.0. The third-order valence-corrected chi connectivity index (χ3v) is 5.68. The molecule has 0 saturated carbocycles. The average Bonchev–Trinajstić information content (AvgIpc) is 3.52. The van der Waals surface area contributed by atoms with Crippen LogP contribution in [-0.4, -0.2) is 53.0 Å². The first-order valence-corrected chi connectivity index (χ1v) is 11.2. The maximum absolute atomic E-state index is 14.0. The molecular weight excluding hydrogens is 567 g/mol. The largest absolute Gasteiger partial charge is 0.461 e. The second-order valence-electron chi connectivity index (χ2n) is 8.12. The molecule has 206 valence electrons. The third kappa shape index (κ3) is 5.16. The Labute approximate surface area is 225 Å². The molecule has 0 saturated heterocycles. The van der Waals surface area contributed by atoms with Crippen LogP contribution in [0.15, 0.2) is 36.5 Å². The van der Waals surface area contributed by atoms with Gasteiger partial charge in [-0.2, -0.15) is 32.3 Å². The average molecular weight is 581 g/mol. The molecule has 0 aliphatic heterocycles. The van der Waals surface area contributed by atoms with Gasteiger partial charge in [0.25, 0.3) is 11.8 Å². The number of carbonyl (C=O) groups excluding carboxylic acids is 2. The summed E-state index contributed by atoms with van der Waals surface area (Å²) in [5.41, 5.74) is 5.06. The first-order valence-electron chi connectivity index (χ1n) is 10.8. The normalized spacial score (nSPS) is 11.8. The molecule has 0 aliphatic rings. The number of anilines is 1. The predicted octanol–water partition coefficient (Wildman–Crippen LogP) is 3.14. The number of nitriles is 1. The molecule has 4 rings (SSSR count). The quantitative estimate of drug-likeness (QED) is 0.314. The van der Waals surface area contributed by atoms with Gasteiger partial charge in [0.05, 0.1) is 40.1 Å². The van der Waals surface area contributed by atoms with E-state index in [0.29, 0.717) is 5.56 Å². The first kappa shape index (κ1) is 28.0. The summed E-state index contributed by atoms with van der Waals surface area (Å²) in [5.74, 6) is -9.15. The monoisotopic (exact) mass is 580 g/mol. The second-order valence-corrected chi connectivity index (χ2v) is 8.53. The molecule has 3 heterocycles. The summed E-state index contributed by atoms with van der Waals surface area (Å²) in [5, 5.41) is 24.7. The Morgan fingerprint density at radius 3 is 2.55 bits per heavy atom. The van der Waals surface area contributed by atoms with Crippen molar-refractivity contribution in [2.75, 3.05) is 5.32 Å². The Morgan fingerprint density at radius 1 is 1.20 bits per heavy atom. The van der Waals surface area contributed by atoms with Gasteiger partial charge in [0.2, 0.25) is 5.82 Å². The van der Waals surface area contributed by atoms with Gasteiger partial charge in [-0.25, -0.2) is 14.3 Å². The Kier molecular flexibility index (Phi) is 7.22. The molecule has 0 unspecified atom stereocenters. The Balaban J connectivity index is 1.79. The van der Waals surface area contributed by atoms with Gasteiger partial charge in [0.15, 0.2) is 5.82 Å². The summed E-state index contributed by atoms with van der Waals surface area (Å²) in [6, 6.07) is 8.36. The highest BCUT2D eigenvalue weighted by molar-refractivity contribution is 6.32. The van der Waals surface area contributed by atoms with Gasteiger partial charge < -0.3 is 11.1 Å². The lowest BCUT2D eigenvalue weighted by atomic mass is 10.0. The van der Waals surface area contributed by atoms with E-state index in [2.05, 4.69) is 30.9 Å². The molecule has 12 nitrogen and oxygen atoms in total. The topological polar surface area (TPSA) is 170 Å². The Morgan fingerprint density at radius 2 is 1.93 bits per heavy atom. The molecule has 2 amide bonds. The number of nitrogens with one attached hydrogen (secondary N) is 1. The number of alkyl halides is 5. The van der Waals surface area contributed by atoms with Crippen LogP contribution in [0.4, 0.5) is 27.6 Å². The molecule has 3 aromatic heterocycles. The summed E-state index contributed by atoms with van der Waals surface area (Å²) in [7, 11) is 0. The number of aryl methyl sites for hydroxylation is 1. The zero-order valence-corrected chi connectivity index (χ0v) is 20.7. The van der Waals surface area contributed by atoms with Crippen LogP contribution in [0.25, 0.3) is 5.82 Å². The highest BCUT2D eigenvalue weighted by Crippen LogP contribution is 2.42. The van der Waals surface area contributed by atoms with Crippen LogP contribution in [0.2, 0.25) is 5.02 Å². The van der Waals surface area contributed by atoms with Gasteiger partial charge in [-0.05, 0) is 53.2 Å². The third-order valence-electron chi connectivity index (χ3n) is 5.38. The van der Waals surface area contributed by atoms with Crippen LogP contribution < -0.4 is 11.1 Å². The molecular formula is C22H14ClF5N10O2.